The van der Waals surface area contributed by atoms with Gasteiger partial charge in [-0.25, -0.2) is 0 Å². The molecule has 2 rings (SSSR count). The van der Waals surface area contributed by atoms with Gasteiger partial charge in [0.15, 0.2) is 0 Å². The van der Waals surface area contributed by atoms with E-state index in [1.54, 1.807) is 11.8 Å². The van der Waals surface area contributed by atoms with Crippen molar-refractivity contribution >= 4 is 11.8 Å². The summed E-state index contributed by atoms with van der Waals surface area (Å²) < 4.78 is 5.72. The maximum absolute atomic E-state index is 12.3. The van der Waals surface area contributed by atoms with Gasteiger partial charge < -0.3 is 15.0 Å². The van der Waals surface area contributed by atoms with E-state index < -0.39 is 6.04 Å². The van der Waals surface area contributed by atoms with Crippen LogP contribution in [0.15, 0.2) is 0 Å². The van der Waals surface area contributed by atoms with Crippen LogP contribution >= 0.6 is 0 Å². The maximum Gasteiger partial charge on any atom is 0.245 e. The van der Waals surface area contributed by atoms with Crippen molar-refractivity contribution in [3.63, 3.8) is 0 Å². The summed E-state index contributed by atoms with van der Waals surface area (Å²) >= 11 is 0. The van der Waals surface area contributed by atoms with Gasteiger partial charge >= 0.3 is 0 Å². The van der Waals surface area contributed by atoms with Crippen LogP contribution < -0.4 is 5.32 Å². The summed E-state index contributed by atoms with van der Waals surface area (Å²) in [5.41, 5.74) is 0. The highest BCUT2D eigenvalue weighted by Crippen LogP contribution is 2.21. The topological polar surface area (TPSA) is 58.6 Å². The fourth-order valence-corrected chi connectivity index (χ4v) is 3.12. The summed E-state index contributed by atoms with van der Waals surface area (Å²) in [5.74, 6) is 0.120. The molecule has 5 nitrogen and oxygen atoms in total. The molecule has 5 heteroatoms. The first-order chi connectivity index (χ1) is 9.50. The van der Waals surface area contributed by atoms with E-state index in [1.165, 1.54) is 6.42 Å². The summed E-state index contributed by atoms with van der Waals surface area (Å²) in [6, 6.07) is -0.757. The molecule has 2 aliphatic rings. The smallest absolute Gasteiger partial charge is 0.245 e. The van der Waals surface area contributed by atoms with Crippen LogP contribution in [0.2, 0.25) is 0 Å². The van der Waals surface area contributed by atoms with Crippen LogP contribution in [0.1, 0.15) is 46.5 Å². The van der Waals surface area contributed by atoms with Crippen molar-refractivity contribution in [2.24, 2.45) is 5.92 Å². The highest BCUT2D eigenvalue weighted by atomic mass is 16.5. The van der Waals surface area contributed by atoms with E-state index in [1.807, 2.05) is 13.8 Å². The Hall–Kier alpha value is -1.10. The largest absolute Gasteiger partial charge is 0.378 e. The Morgan fingerprint density at radius 2 is 2.10 bits per heavy atom. The first-order valence-corrected chi connectivity index (χ1v) is 7.73. The molecule has 0 aliphatic carbocycles. The minimum Gasteiger partial charge on any atom is -0.378 e. The molecule has 2 aliphatic heterocycles. The van der Waals surface area contributed by atoms with Gasteiger partial charge in [0, 0.05) is 13.2 Å². The molecular weight excluding hydrogens is 256 g/mol. The Labute approximate surface area is 121 Å². The summed E-state index contributed by atoms with van der Waals surface area (Å²) in [5, 5.41) is 2.77. The number of nitrogens with one attached hydrogen (secondary N) is 1. The van der Waals surface area contributed by atoms with Gasteiger partial charge in [-0.1, -0.05) is 13.8 Å². The first kappa shape index (κ1) is 15.3. The van der Waals surface area contributed by atoms with Crippen LogP contribution in [0.5, 0.6) is 0 Å². The number of rotatable bonds is 4. The average molecular weight is 282 g/mol. The quantitative estimate of drug-likeness (QED) is 0.846. The van der Waals surface area contributed by atoms with Gasteiger partial charge in [0.25, 0.3) is 0 Å². The third-order valence-electron chi connectivity index (χ3n) is 4.21. The number of carbonyl (C=O) groups is 2. The van der Waals surface area contributed by atoms with E-state index in [9.17, 15) is 9.59 Å². The lowest BCUT2D eigenvalue weighted by atomic mass is 9.96. The van der Waals surface area contributed by atoms with Crippen LogP contribution in [-0.4, -0.2) is 48.1 Å². The van der Waals surface area contributed by atoms with Gasteiger partial charge in [0.05, 0.1) is 6.10 Å². The fraction of sp³-hybridized carbons (Fsp3) is 0.867. The standard InChI is InChI=1S/C15H26N2O3/c1-10(2)13-14(18)16-11(3)15(19)17(13)8-7-12-6-4-5-9-20-12/h10-13H,4-9H2,1-3H3,(H,16,18). The van der Waals surface area contributed by atoms with Gasteiger partial charge in [0.1, 0.15) is 12.1 Å². The molecule has 3 unspecified atom stereocenters. The number of piperazine rings is 1. The molecule has 0 spiro atoms. The van der Waals surface area contributed by atoms with Crippen LogP contribution in [0.3, 0.4) is 0 Å². The molecule has 2 saturated heterocycles. The number of amides is 2. The molecule has 2 fully saturated rings. The highest BCUT2D eigenvalue weighted by molar-refractivity contribution is 5.96. The molecule has 0 radical (unpaired) electrons. The van der Waals surface area contributed by atoms with Crippen molar-refractivity contribution in [3.05, 3.63) is 0 Å². The summed E-state index contributed by atoms with van der Waals surface area (Å²) in [6.07, 6.45) is 4.46. The van der Waals surface area contributed by atoms with Crippen LogP contribution in [-0.2, 0) is 14.3 Å². The lowest BCUT2D eigenvalue weighted by molar-refractivity contribution is -0.151. The third kappa shape index (κ3) is 3.32. The van der Waals surface area contributed by atoms with Crippen molar-refractivity contribution in [1.29, 1.82) is 0 Å². The van der Waals surface area contributed by atoms with Crippen molar-refractivity contribution in [1.82, 2.24) is 10.2 Å². The Kier molecular flexibility index (Phi) is 5.02. The number of hydrogen-bond acceptors (Lipinski definition) is 3. The van der Waals surface area contributed by atoms with Gasteiger partial charge in [-0.2, -0.15) is 0 Å². The fourth-order valence-electron chi connectivity index (χ4n) is 3.12. The van der Waals surface area contributed by atoms with Gasteiger partial charge in [-0.05, 0) is 38.5 Å². The second-order valence-electron chi connectivity index (χ2n) is 6.23. The molecule has 0 aromatic heterocycles. The van der Waals surface area contributed by atoms with Crippen molar-refractivity contribution < 1.29 is 14.3 Å². The van der Waals surface area contributed by atoms with Gasteiger partial charge in [-0.3, -0.25) is 9.59 Å². The molecule has 2 heterocycles. The van der Waals surface area contributed by atoms with E-state index in [0.717, 1.165) is 25.9 Å². The van der Waals surface area contributed by atoms with Crippen LogP contribution in [0, 0.1) is 5.92 Å². The van der Waals surface area contributed by atoms with E-state index in [2.05, 4.69) is 5.32 Å². The second-order valence-corrected chi connectivity index (χ2v) is 6.23. The lowest BCUT2D eigenvalue weighted by Crippen LogP contribution is -2.64. The van der Waals surface area contributed by atoms with Crippen molar-refractivity contribution in [2.45, 2.75) is 64.6 Å². The molecule has 0 saturated carbocycles. The van der Waals surface area contributed by atoms with Crippen LogP contribution in [0.4, 0.5) is 0 Å². The Balaban J connectivity index is 2.00. The molecule has 3 atom stereocenters. The summed E-state index contributed by atoms with van der Waals surface area (Å²) in [6.45, 7) is 7.16. The summed E-state index contributed by atoms with van der Waals surface area (Å²) in [4.78, 5) is 26.2. The highest BCUT2D eigenvalue weighted by Gasteiger charge is 2.40. The van der Waals surface area contributed by atoms with E-state index >= 15 is 0 Å². The van der Waals surface area contributed by atoms with E-state index in [-0.39, 0.29) is 29.9 Å². The lowest BCUT2D eigenvalue weighted by Gasteiger charge is -2.40. The maximum atomic E-state index is 12.3. The molecule has 20 heavy (non-hydrogen) atoms. The normalized spacial score (nSPS) is 31.6. The molecule has 0 aromatic carbocycles. The molecule has 0 bridgehead atoms. The molecule has 114 valence electrons. The number of ether oxygens (including phenoxy) is 1. The predicted octanol–water partition coefficient (Wildman–Crippen LogP) is 1.32. The SMILES string of the molecule is CC1NC(=O)C(C(C)C)N(CCC2CCCCO2)C1=O. The first-order valence-electron chi connectivity index (χ1n) is 7.73. The monoisotopic (exact) mass is 282 g/mol. The predicted molar refractivity (Wildman–Crippen MR) is 76.2 cm³/mol. The van der Waals surface area contributed by atoms with E-state index in [4.69, 9.17) is 4.74 Å². The minimum atomic E-state index is -0.412. The molecule has 1 N–H and O–H groups in total. The van der Waals surface area contributed by atoms with Gasteiger partial charge in [-0.15, -0.1) is 0 Å². The van der Waals surface area contributed by atoms with Crippen molar-refractivity contribution in [2.75, 3.05) is 13.2 Å². The van der Waals surface area contributed by atoms with Crippen molar-refractivity contribution in [3.8, 4) is 0 Å². The van der Waals surface area contributed by atoms with E-state index in [0.29, 0.717) is 6.54 Å². The zero-order valence-electron chi connectivity index (χ0n) is 12.7. The Morgan fingerprint density at radius 3 is 2.70 bits per heavy atom. The Bertz CT molecular complexity index is 364. The number of nitrogens with zero attached hydrogens (tertiary/aromatic N) is 1. The zero-order chi connectivity index (χ0) is 14.7. The van der Waals surface area contributed by atoms with Gasteiger partial charge in [0.2, 0.25) is 11.8 Å². The summed E-state index contributed by atoms with van der Waals surface area (Å²) in [7, 11) is 0. The number of carbonyl (C=O) groups excluding carboxylic acids is 2. The minimum absolute atomic E-state index is 0.0270. The number of hydrogen-bond donors (Lipinski definition) is 1. The molecule has 0 aromatic rings. The molecule has 2 amide bonds. The average Bonchev–Trinajstić information content (AvgIpc) is 2.41. The third-order valence-corrected chi connectivity index (χ3v) is 4.21. The zero-order valence-corrected chi connectivity index (χ0v) is 12.7. The van der Waals surface area contributed by atoms with Crippen LogP contribution in [0.25, 0.3) is 0 Å². The molecular formula is C15H26N2O3. The second kappa shape index (κ2) is 6.57. The Morgan fingerprint density at radius 1 is 1.35 bits per heavy atom.